The predicted molar refractivity (Wildman–Crippen MR) is 51.8 cm³/mol. The van der Waals surface area contributed by atoms with Gasteiger partial charge in [0.25, 0.3) is 0 Å². The largest absolute Gasteiger partial charge is 0.377 e. The van der Waals surface area contributed by atoms with Crippen LogP contribution in [-0.2, 0) is 4.74 Å². The third-order valence-electron chi connectivity index (χ3n) is 2.16. The van der Waals surface area contributed by atoms with Crippen molar-refractivity contribution in [3.63, 3.8) is 0 Å². The van der Waals surface area contributed by atoms with E-state index in [2.05, 4.69) is 19.2 Å². The third-order valence-corrected chi connectivity index (χ3v) is 2.67. The fourth-order valence-corrected chi connectivity index (χ4v) is 1.48. The number of alkyl halides is 1. The SMILES string of the molecule is CC(C)OCCNC1(CCl)CC1. The summed E-state index contributed by atoms with van der Waals surface area (Å²) < 4.78 is 5.40. The maximum Gasteiger partial charge on any atom is 0.0594 e. The predicted octanol–water partition coefficient (Wildman–Crippen LogP) is 1.77. The summed E-state index contributed by atoms with van der Waals surface area (Å²) in [7, 11) is 0. The molecule has 3 heteroatoms. The van der Waals surface area contributed by atoms with E-state index in [0.717, 1.165) is 19.0 Å². The maximum absolute atomic E-state index is 5.79. The van der Waals surface area contributed by atoms with Crippen molar-refractivity contribution >= 4 is 11.6 Å². The van der Waals surface area contributed by atoms with Gasteiger partial charge in [0.1, 0.15) is 0 Å². The quantitative estimate of drug-likeness (QED) is 0.511. The minimum absolute atomic E-state index is 0.266. The first kappa shape index (κ1) is 10.3. The zero-order chi connectivity index (χ0) is 9.03. The van der Waals surface area contributed by atoms with Crippen molar-refractivity contribution in [1.82, 2.24) is 5.32 Å². The van der Waals surface area contributed by atoms with Gasteiger partial charge in [0.05, 0.1) is 12.7 Å². The Morgan fingerprint density at radius 2 is 2.17 bits per heavy atom. The summed E-state index contributed by atoms with van der Waals surface area (Å²) in [6, 6.07) is 0. The Morgan fingerprint density at radius 1 is 1.50 bits per heavy atom. The van der Waals surface area contributed by atoms with Gasteiger partial charge in [0, 0.05) is 18.0 Å². The average Bonchev–Trinajstić information content (AvgIpc) is 2.79. The van der Waals surface area contributed by atoms with Gasteiger partial charge in [0.2, 0.25) is 0 Å². The summed E-state index contributed by atoms with van der Waals surface area (Å²) in [4.78, 5) is 0. The smallest absolute Gasteiger partial charge is 0.0594 e. The Morgan fingerprint density at radius 3 is 2.58 bits per heavy atom. The number of hydrogen-bond donors (Lipinski definition) is 1. The second-order valence-corrected chi connectivity index (χ2v) is 4.03. The van der Waals surface area contributed by atoms with E-state index in [9.17, 15) is 0 Å². The molecule has 1 saturated carbocycles. The van der Waals surface area contributed by atoms with Gasteiger partial charge in [-0.3, -0.25) is 0 Å². The first-order valence-corrected chi connectivity index (χ1v) is 5.15. The van der Waals surface area contributed by atoms with E-state index in [1.807, 2.05) is 0 Å². The summed E-state index contributed by atoms with van der Waals surface area (Å²) in [5.74, 6) is 0.731. The lowest BCUT2D eigenvalue weighted by Gasteiger charge is -2.14. The molecular weight excluding hydrogens is 174 g/mol. The fourth-order valence-electron chi connectivity index (χ4n) is 1.12. The van der Waals surface area contributed by atoms with Gasteiger partial charge < -0.3 is 10.1 Å². The molecular formula is C9H18ClNO. The summed E-state index contributed by atoms with van der Waals surface area (Å²) in [6.07, 6.45) is 2.77. The van der Waals surface area contributed by atoms with E-state index in [4.69, 9.17) is 16.3 Å². The molecule has 2 nitrogen and oxygen atoms in total. The Balaban J connectivity index is 1.95. The van der Waals surface area contributed by atoms with Crippen LogP contribution in [0.5, 0.6) is 0 Å². The lowest BCUT2D eigenvalue weighted by atomic mass is 10.3. The molecule has 0 bridgehead atoms. The Kier molecular flexibility index (Phi) is 3.81. The molecule has 0 atom stereocenters. The number of halogens is 1. The molecule has 0 aliphatic heterocycles. The van der Waals surface area contributed by atoms with Crippen LogP contribution in [-0.4, -0.2) is 30.7 Å². The van der Waals surface area contributed by atoms with Crippen molar-refractivity contribution in [2.24, 2.45) is 0 Å². The van der Waals surface area contributed by atoms with Gasteiger partial charge >= 0.3 is 0 Å². The summed E-state index contributed by atoms with van der Waals surface area (Å²) in [5.41, 5.74) is 0.266. The minimum Gasteiger partial charge on any atom is -0.377 e. The lowest BCUT2D eigenvalue weighted by Crippen LogP contribution is -2.35. The van der Waals surface area contributed by atoms with Gasteiger partial charge in [-0.2, -0.15) is 0 Å². The monoisotopic (exact) mass is 191 g/mol. The normalized spacial score (nSPS) is 20.0. The maximum atomic E-state index is 5.79. The molecule has 0 radical (unpaired) electrons. The molecule has 12 heavy (non-hydrogen) atoms. The van der Waals surface area contributed by atoms with E-state index < -0.39 is 0 Å². The standard InChI is InChI=1S/C9H18ClNO/c1-8(2)12-6-5-11-9(7-10)3-4-9/h8,11H,3-7H2,1-2H3. The molecule has 0 amide bonds. The molecule has 72 valence electrons. The van der Waals surface area contributed by atoms with Gasteiger partial charge in [-0.15, -0.1) is 11.6 Å². The van der Waals surface area contributed by atoms with E-state index >= 15 is 0 Å². The number of rotatable bonds is 6. The molecule has 0 unspecified atom stereocenters. The number of hydrogen-bond acceptors (Lipinski definition) is 2. The van der Waals surface area contributed by atoms with Crippen LogP contribution >= 0.6 is 11.6 Å². The van der Waals surface area contributed by atoms with Crippen LogP contribution in [0.3, 0.4) is 0 Å². The number of nitrogens with one attached hydrogen (secondary N) is 1. The third kappa shape index (κ3) is 3.30. The lowest BCUT2D eigenvalue weighted by molar-refractivity contribution is 0.0792. The molecule has 1 aliphatic rings. The molecule has 0 saturated heterocycles. The average molecular weight is 192 g/mol. The second kappa shape index (κ2) is 4.45. The van der Waals surface area contributed by atoms with Crippen LogP contribution < -0.4 is 5.32 Å². The van der Waals surface area contributed by atoms with Gasteiger partial charge in [-0.1, -0.05) is 0 Å². The second-order valence-electron chi connectivity index (χ2n) is 3.76. The molecule has 0 heterocycles. The summed E-state index contributed by atoms with van der Waals surface area (Å²) in [5, 5.41) is 3.42. The van der Waals surface area contributed by atoms with Crippen molar-refractivity contribution in [2.75, 3.05) is 19.0 Å². The molecule has 0 aromatic heterocycles. The van der Waals surface area contributed by atoms with Crippen LogP contribution in [0.15, 0.2) is 0 Å². The Bertz CT molecular complexity index is 134. The van der Waals surface area contributed by atoms with E-state index in [1.165, 1.54) is 12.8 Å². The van der Waals surface area contributed by atoms with Crippen molar-refractivity contribution in [1.29, 1.82) is 0 Å². The topological polar surface area (TPSA) is 21.3 Å². The molecule has 0 spiro atoms. The van der Waals surface area contributed by atoms with E-state index in [-0.39, 0.29) is 5.54 Å². The highest BCUT2D eigenvalue weighted by atomic mass is 35.5. The highest BCUT2D eigenvalue weighted by Crippen LogP contribution is 2.35. The zero-order valence-corrected chi connectivity index (χ0v) is 8.66. The zero-order valence-electron chi connectivity index (χ0n) is 7.90. The van der Waals surface area contributed by atoms with Crippen molar-refractivity contribution in [3.05, 3.63) is 0 Å². The van der Waals surface area contributed by atoms with Gasteiger partial charge in [-0.25, -0.2) is 0 Å². The summed E-state index contributed by atoms with van der Waals surface area (Å²) in [6.45, 7) is 5.81. The van der Waals surface area contributed by atoms with Crippen molar-refractivity contribution < 1.29 is 4.74 Å². The number of ether oxygens (including phenoxy) is 1. The molecule has 1 N–H and O–H groups in total. The molecule has 0 aromatic carbocycles. The fraction of sp³-hybridized carbons (Fsp3) is 1.00. The van der Waals surface area contributed by atoms with Crippen LogP contribution in [0.2, 0.25) is 0 Å². The highest BCUT2D eigenvalue weighted by molar-refractivity contribution is 6.18. The van der Waals surface area contributed by atoms with Gasteiger partial charge in [-0.05, 0) is 26.7 Å². The van der Waals surface area contributed by atoms with Crippen LogP contribution in [0.25, 0.3) is 0 Å². The van der Waals surface area contributed by atoms with E-state index in [1.54, 1.807) is 0 Å². The summed E-state index contributed by atoms with van der Waals surface area (Å²) >= 11 is 5.79. The Hall–Kier alpha value is 0.210. The first-order chi connectivity index (χ1) is 5.68. The van der Waals surface area contributed by atoms with Crippen molar-refractivity contribution in [2.45, 2.75) is 38.3 Å². The Labute approximate surface area is 79.6 Å². The van der Waals surface area contributed by atoms with Crippen molar-refractivity contribution in [3.8, 4) is 0 Å². The minimum atomic E-state index is 0.266. The van der Waals surface area contributed by atoms with Crippen LogP contribution in [0, 0.1) is 0 Å². The molecule has 1 fully saturated rings. The molecule has 1 aliphatic carbocycles. The molecule has 0 aromatic rings. The van der Waals surface area contributed by atoms with Crippen LogP contribution in [0.4, 0.5) is 0 Å². The van der Waals surface area contributed by atoms with E-state index in [0.29, 0.717) is 6.10 Å². The van der Waals surface area contributed by atoms with Gasteiger partial charge in [0.15, 0.2) is 0 Å². The first-order valence-electron chi connectivity index (χ1n) is 4.61. The highest BCUT2D eigenvalue weighted by Gasteiger charge is 2.40. The molecule has 1 rings (SSSR count). The van der Waals surface area contributed by atoms with Crippen LogP contribution in [0.1, 0.15) is 26.7 Å².